The van der Waals surface area contributed by atoms with Gasteiger partial charge in [-0.1, -0.05) is 29.8 Å². The van der Waals surface area contributed by atoms with Crippen LogP contribution in [0, 0.1) is 6.92 Å². The molecule has 3 aromatic rings. The minimum absolute atomic E-state index is 0.0298. The Morgan fingerprint density at radius 1 is 1.29 bits per heavy atom. The first kappa shape index (κ1) is 13.9. The molecule has 0 spiro atoms. The van der Waals surface area contributed by atoms with Crippen molar-refractivity contribution in [1.82, 2.24) is 0 Å². The van der Waals surface area contributed by atoms with Crippen LogP contribution >= 0.6 is 11.6 Å². The van der Waals surface area contributed by atoms with E-state index in [2.05, 4.69) is 0 Å². The molecule has 0 unspecified atom stereocenters. The van der Waals surface area contributed by atoms with Gasteiger partial charge in [0.2, 0.25) is 0 Å². The summed E-state index contributed by atoms with van der Waals surface area (Å²) in [6.07, 6.45) is 0.373. The maximum absolute atomic E-state index is 12.3. The van der Waals surface area contributed by atoms with E-state index in [9.17, 15) is 9.90 Å². The van der Waals surface area contributed by atoms with Crippen LogP contribution in [0.2, 0.25) is 5.02 Å². The molecule has 108 valence electrons. The van der Waals surface area contributed by atoms with E-state index in [0.717, 1.165) is 11.1 Å². The largest absolute Gasteiger partial charge is 0.506 e. The first-order valence-corrected chi connectivity index (χ1v) is 6.89. The summed E-state index contributed by atoms with van der Waals surface area (Å²) in [5.41, 5.74) is 1.16. The standard InChI is InChI=1S/C16H13ClO4/c1-8-7-11(19)14(17)15-12(8)10-4-2-3-9(5-6-18)13(10)16(20)21-15/h2-4,7,18-19H,5-6H2,1H3. The number of benzene rings is 2. The Balaban J connectivity index is 2.59. The highest BCUT2D eigenvalue weighted by Crippen LogP contribution is 2.37. The van der Waals surface area contributed by atoms with Gasteiger partial charge in [-0.3, -0.25) is 0 Å². The van der Waals surface area contributed by atoms with Crippen LogP contribution in [-0.4, -0.2) is 16.8 Å². The number of aromatic hydroxyl groups is 1. The molecule has 0 saturated heterocycles. The molecule has 0 amide bonds. The van der Waals surface area contributed by atoms with Gasteiger partial charge in [0.25, 0.3) is 0 Å². The molecular formula is C16H13ClO4. The van der Waals surface area contributed by atoms with E-state index in [4.69, 9.17) is 21.1 Å². The van der Waals surface area contributed by atoms with Crippen molar-refractivity contribution >= 4 is 33.3 Å². The fourth-order valence-electron chi connectivity index (χ4n) is 2.70. The Hall–Kier alpha value is -2.04. The lowest BCUT2D eigenvalue weighted by Crippen LogP contribution is -2.05. The van der Waals surface area contributed by atoms with E-state index in [1.807, 2.05) is 19.1 Å². The van der Waals surface area contributed by atoms with Gasteiger partial charge in [0, 0.05) is 17.4 Å². The topological polar surface area (TPSA) is 70.7 Å². The lowest BCUT2D eigenvalue weighted by atomic mass is 9.99. The molecule has 0 aliphatic carbocycles. The second kappa shape index (κ2) is 5.06. The van der Waals surface area contributed by atoms with Crippen molar-refractivity contribution in [1.29, 1.82) is 0 Å². The van der Waals surface area contributed by atoms with E-state index in [-0.39, 0.29) is 23.0 Å². The van der Waals surface area contributed by atoms with Crippen LogP contribution in [0.25, 0.3) is 21.7 Å². The number of rotatable bonds is 2. The summed E-state index contributed by atoms with van der Waals surface area (Å²) in [6.45, 7) is 1.77. The number of hydrogen-bond donors (Lipinski definition) is 2. The van der Waals surface area contributed by atoms with Crippen molar-refractivity contribution in [2.45, 2.75) is 13.3 Å². The second-order valence-electron chi connectivity index (χ2n) is 4.93. The Kier molecular flexibility index (Phi) is 3.35. The Bertz CT molecular complexity index is 912. The van der Waals surface area contributed by atoms with Crippen LogP contribution in [0.4, 0.5) is 0 Å². The molecule has 4 nitrogen and oxygen atoms in total. The van der Waals surface area contributed by atoms with Crippen molar-refractivity contribution in [3.05, 3.63) is 50.8 Å². The molecule has 5 heteroatoms. The highest BCUT2D eigenvalue weighted by Gasteiger charge is 2.17. The number of halogens is 1. The zero-order valence-corrected chi connectivity index (χ0v) is 12.1. The van der Waals surface area contributed by atoms with Gasteiger partial charge in [0.15, 0.2) is 5.58 Å². The van der Waals surface area contributed by atoms with E-state index in [1.165, 1.54) is 0 Å². The van der Waals surface area contributed by atoms with Gasteiger partial charge in [0.05, 0.1) is 5.39 Å². The molecule has 0 aliphatic rings. The molecule has 0 bridgehead atoms. The minimum Gasteiger partial charge on any atom is -0.506 e. The predicted molar refractivity (Wildman–Crippen MR) is 82.2 cm³/mol. The molecule has 0 fully saturated rings. The van der Waals surface area contributed by atoms with Crippen molar-refractivity contribution in [3.63, 3.8) is 0 Å². The maximum atomic E-state index is 12.3. The normalized spacial score (nSPS) is 11.4. The molecule has 2 aromatic carbocycles. The quantitative estimate of drug-likeness (QED) is 0.563. The van der Waals surface area contributed by atoms with Gasteiger partial charge < -0.3 is 14.6 Å². The van der Waals surface area contributed by atoms with Gasteiger partial charge >= 0.3 is 5.63 Å². The minimum atomic E-state index is -0.520. The fraction of sp³-hybridized carbons (Fsp3) is 0.188. The van der Waals surface area contributed by atoms with Gasteiger partial charge in [-0.05, 0) is 30.5 Å². The number of aryl methyl sites for hydroxylation is 1. The average molecular weight is 305 g/mol. The molecule has 1 heterocycles. The van der Waals surface area contributed by atoms with E-state index >= 15 is 0 Å². The summed E-state index contributed by atoms with van der Waals surface area (Å²) in [7, 11) is 0. The molecule has 0 saturated carbocycles. The van der Waals surface area contributed by atoms with Crippen LogP contribution in [0.1, 0.15) is 11.1 Å². The number of hydrogen-bond acceptors (Lipinski definition) is 4. The van der Waals surface area contributed by atoms with E-state index < -0.39 is 5.63 Å². The van der Waals surface area contributed by atoms with Crippen LogP contribution in [0.15, 0.2) is 33.5 Å². The maximum Gasteiger partial charge on any atom is 0.344 e. The third kappa shape index (κ3) is 2.07. The Morgan fingerprint density at radius 2 is 2.05 bits per heavy atom. The third-order valence-electron chi connectivity index (χ3n) is 3.60. The van der Waals surface area contributed by atoms with Crippen LogP contribution in [0.3, 0.4) is 0 Å². The number of phenolic OH excluding ortho intramolecular Hbond substituents is 1. The zero-order chi connectivity index (χ0) is 15.1. The van der Waals surface area contributed by atoms with E-state index in [0.29, 0.717) is 22.6 Å². The van der Waals surface area contributed by atoms with E-state index in [1.54, 1.807) is 12.1 Å². The van der Waals surface area contributed by atoms with Crippen LogP contribution < -0.4 is 5.63 Å². The molecule has 0 atom stereocenters. The second-order valence-corrected chi connectivity index (χ2v) is 5.31. The summed E-state index contributed by atoms with van der Waals surface area (Å²) in [5, 5.41) is 20.8. The highest BCUT2D eigenvalue weighted by molar-refractivity contribution is 6.37. The summed E-state index contributed by atoms with van der Waals surface area (Å²) in [4.78, 5) is 12.3. The molecular weight excluding hydrogens is 292 g/mol. The van der Waals surface area contributed by atoms with Gasteiger partial charge in [0.1, 0.15) is 10.8 Å². The average Bonchev–Trinajstić information content (AvgIpc) is 2.45. The summed E-state index contributed by atoms with van der Waals surface area (Å²) >= 11 is 6.05. The van der Waals surface area contributed by atoms with Gasteiger partial charge in [-0.25, -0.2) is 4.79 Å². The molecule has 2 N–H and O–H groups in total. The first-order valence-electron chi connectivity index (χ1n) is 6.52. The van der Waals surface area contributed by atoms with Crippen LogP contribution in [-0.2, 0) is 6.42 Å². The number of aliphatic hydroxyl groups is 1. The molecule has 0 radical (unpaired) electrons. The Labute approximate surface area is 125 Å². The molecule has 3 rings (SSSR count). The first-order chi connectivity index (χ1) is 10.0. The fourth-order valence-corrected chi connectivity index (χ4v) is 2.89. The SMILES string of the molecule is Cc1cc(O)c(Cl)c2oc(=O)c3c(CCO)cccc3c12. The van der Waals surface area contributed by atoms with Crippen molar-refractivity contribution in [2.75, 3.05) is 6.61 Å². The van der Waals surface area contributed by atoms with Crippen LogP contribution in [0.5, 0.6) is 5.75 Å². The predicted octanol–water partition coefficient (Wildman–Crippen LogP) is 3.15. The van der Waals surface area contributed by atoms with Gasteiger partial charge in [-0.2, -0.15) is 0 Å². The summed E-state index contributed by atoms with van der Waals surface area (Å²) in [5.74, 6) is -0.115. The highest BCUT2D eigenvalue weighted by atomic mass is 35.5. The molecule has 0 aliphatic heterocycles. The lowest BCUT2D eigenvalue weighted by Gasteiger charge is -2.10. The summed E-state index contributed by atoms with van der Waals surface area (Å²) in [6, 6.07) is 6.98. The Morgan fingerprint density at radius 3 is 2.76 bits per heavy atom. The molecule has 1 aromatic heterocycles. The summed E-state index contributed by atoms with van der Waals surface area (Å²) < 4.78 is 5.33. The van der Waals surface area contributed by atoms with Gasteiger partial charge in [-0.15, -0.1) is 0 Å². The zero-order valence-electron chi connectivity index (χ0n) is 11.3. The van der Waals surface area contributed by atoms with Crippen molar-refractivity contribution < 1.29 is 14.6 Å². The number of aliphatic hydroxyl groups excluding tert-OH is 1. The monoisotopic (exact) mass is 304 g/mol. The van der Waals surface area contributed by atoms with Crippen molar-refractivity contribution in [3.8, 4) is 5.75 Å². The number of phenols is 1. The number of fused-ring (bicyclic) bond motifs is 3. The smallest absolute Gasteiger partial charge is 0.344 e. The molecule has 21 heavy (non-hydrogen) atoms. The third-order valence-corrected chi connectivity index (χ3v) is 3.96. The lowest BCUT2D eigenvalue weighted by molar-refractivity contribution is 0.300. The van der Waals surface area contributed by atoms with Crippen molar-refractivity contribution in [2.24, 2.45) is 0 Å².